The molecule has 4 rings (SSSR count). The lowest BCUT2D eigenvalue weighted by Crippen LogP contribution is -2.15. The van der Waals surface area contributed by atoms with Gasteiger partial charge in [-0.25, -0.2) is 0 Å². The topological polar surface area (TPSA) is 72.0 Å². The molecule has 28 heavy (non-hydrogen) atoms. The lowest BCUT2D eigenvalue weighted by Gasteiger charge is -2.18. The van der Waals surface area contributed by atoms with Gasteiger partial charge in [0.25, 0.3) is 0 Å². The summed E-state index contributed by atoms with van der Waals surface area (Å²) in [5.41, 5.74) is 9.91. The summed E-state index contributed by atoms with van der Waals surface area (Å²) in [4.78, 5) is 10.0. The number of benzene rings is 1. The predicted octanol–water partition coefficient (Wildman–Crippen LogP) is 5.29. The molecule has 4 nitrogen and oxygen atoms in total. The predicted molar refractivity (Wildman–Crippen MR) is 116 cm³/mol. The molecule has 1 aromatic carbocycles. The summed E-state index contributed by atoms with van der Waals surface area (Å²) in [6, 6.07) is 15.0. The van der Waals surface area contributed by atoms with Gasteiger partial charge in [-0.05, 0) is 55.3 Å². The van der Waals surface area contributed by atoms with Gasteiger partial charge in [0.05, 0.1) is 27.6 Å². The van der Waals surface area contributed by atoms with Crippen molar-refractivity contribution in [2.75, 3.05) is 0 Å². The first-order valence-electron chi connectivity index (χ1n) is 8.92. The third-order valence-corrected chi connectivity index (χ3v) is 6.30. The Morgan fingerprint density at radius 3 is 2.57 bits per heavy atom. The first-order chi connectivity index (χ1) is 13.3. The van der Waals surface area contributed by atoms with Crippen LogP contribution in [-0.2, 0) is 5.60 Å². The van der Waals surface area contributed by atoms with Crippen LogP contribution in [0.15, 0.2) is 60.9 Å². The highest BCUT2D eigenvalue weighted by atomic mass is 35.5. The second-order valence-corrected chi connectivity index (χ2v) is 8.70. The van der Waals surface area contributed by atoms with Crippen LogP contribution in [0.2, 0.25) is 5.02 Å². The van der Waals surface area contributed by atoms with Crippen LogP contribution in [0.25, 0.3) is 21.5 Å². The number of aliphatic hydroxyl groups is 1. The van der Waals surface area contributed by atoms with Gasteiger partial charge in [-0.15, -0.1) is 11.3 Å². The van der Waals surface area contributed by atoms with Gasteiger partial charge >= 0.3 is 0 Å². The number of aromatic nitrogens is 2. The van der Waals surface area contributed by atoms with E-state index in [0.29, 0.717) is 5.02 Å². The van der Waals surface area contributed by atoms with E-state index in [1.807, 2.05) is 48.5 Å². The number of thiophene rings is 1. The second kappa shape index (κ2) is 7.26. The Labute approximate surface area is 172 Å². The first kappa shape index (κ1) is 19.0. The van der Waals surface area contributed by atoms with Crippen LogP contribution in [-0.4, -0.2) is 15.1 Å². The van der Waals surface area contributed by atoms with Crippen LogP contribution in [0.3, 0.4) is 0 Å². The number of nitrogens with two attached hydrogens (primary N) is 1. The molecular formula is C22H20ClN3OS. The average Bonchev–Trinajstić information content (AvgIpc) is 3.11. The number of halogens is 1. The molecule has 6 heteroatoms. The highest BCUT2D eigenvalue weighted by Crippen LogP contribution is 2.38. The number of pyridine rings is 2. The highest BCUT2D eigenvalue weighted by molar-refractivity contribution is 7.19. The molecule has 3 heterocycles. The molecule has 0 saturated heterocycles. The number of fused-ring (bicyclic) bond motifs is 1. The summed E-state index contributed by atoms with van der Waals surface area (Å²) in [5.74, 6) is 0. The number of nitrogens with zero attached hydrogens (tertiary/aromatic N) is 2. The maximum atomic E-state index is 10.3. The minimum absolute atomic E-state index is 0.323. The molecule has 142 valence electrons. The fraction of sp³-hybridized carbons (Fsp3) is 0.182. The third kappa shape index (κ3) is 3.54. The van der Waals surface area contributed by atoms with Gasteiger partial charge in [-0.3, -0.25) is 9.97 Å². The molecule has 0 amide bonds. The largest absolute Gasteiger partial charge is 0.386 e. The van der Waals surface area contributed by atoms with E-state index in [1.54, 1.807) is 37.6 Å². The molecule has 4 aromatic rings. The zero-order valence-electron chi connectivity index (χ0n) is 15.6. The van der Waals surface area contributed by atoms with Gasteiger partial charge < -0.3 is 10.8 Å². The van der Waals surface area contributed by atoms with Crippen molar-refractivity contribution in [2.24, 2.45) is 5.73 Å². The van der Waals surface area contributed by atoms with Gasteiger partial charge in [0.15, 0.2) is 0 Å². The Morgan fingerprint density at radius 1 is 1.07 bits per heavy atom. The van der Waals surface area contributed by atoms with Crippen molar-refractivity contribution in [3.05, 3.63) is 82.0 Å². The van der Waals surface area contributed by atoms with Crippen molar-refractivity contribution in [2.45, 2.75) is 25.5 Å². The van der Waals surface area contributed by atoms with E-state index in [2.05, 4.69) is 9.97 Å². The van der Waals surface area contributed by atoms with Gasteiger partial charge in [-0.2, -0.15) is 0 Å². The lowest BCUT2D eigenvalue weighted by molar-refractivity contribution is 0.0785. The number of hydrogen-bond donors (Lipinski definition) is 2. The molecule has 3 N–H and O–H groups in total. The summed E-state index contributed by atoms with van der Waals surface area (Å²) in [6.45, 7) is 3.53. The summed E-state index contributed by atoms with van der Waals surface area (Å²) < 4.78 is 1.01. The van der Waals surface area contributed by atoms with Crippen LogP contribution < -0.4 is 5.73 Å². The lowest BCUT2D eigenvalue weighted by atomic mass is 9.97. The Kier molecular flexibility index (Phi) is 4.93. The summed E-state index contributed by atoms with van der Waals surface area (Å²) >= 11 is 7.93. The zero-order chi connectivity index (χ0) is 19.9. The Hall–Kier alpha value is -2.31. The van der Waals surface area contributed by atoms with Crippen LogP contribution in [0.1, 0.15) is 35.9 Å². The van der Waals surface area contributed by atoms with Crippen LogP contribution in [0.4, 0.5) is 0 Å². The monoisotopic (exact) mass is 409 g/mol. The fourth-order valence-electron chi connectivity index (χ4n) is 3.15. The normalized spacial score (nSPS) is 13.0. The molecule has 0 spiro atoms. The summed E-state index contributed by atoms with van der Waals surface area (Å²) in [7, 11) is 0. The summed E-state index contributed by atoms with van der Waals surface area (Å²) in [6.07, 6.45) is 3.49. The maximum Gasteiger partial charge on any atom is 0.0841 e. The van der Waals surface area contributed by atoms with Crippen LogP contribution in [0.5, 0.6) is 0 Å². The average molecular weight is 410 g/mol. The van der Waals surface area contributed by atoms with Crippen molar-refractivity contribution < 1.29 is 5.11 Å². The quantitative estimate of drug-likeness (QED) is 0.480. The van der Waals surface area contributed by atoms with Gasteiger partial charge in [0, 0.05) is 27.9 Å². The molecule has 0 bridgehead atoms. The van der Waals surface area contributed by atoms with Crippen molar-refractivity contribution in [3.8, 4) is 11.3 Å². The van der Waals surface area contributed by atoms with E-state index in [4.69, 9.17) is 17.3 Å². The molecular weight excluding hydrogens is 390 g/mol. The molecule has 0 radical (unpaired) electrons. The molecule has 0 fully saturated rings. The summed E-state index contributed by atoms with van der Waals surface area (Å²) in [5, 5.41) is 11.0. The van der Waals surface area contributed by atoms with Crippen molar-refractivity contribution in [1.29, 1.82) is 0 Å². The molecule has 0 aliphatic heterocycles. The van der Waals surface area contributed by atoms with Crippen LogP contribution >= 0.6 is 22.9 Å². The zero-order valence-corrected chi connectivity index (χ0v) is 17.1. The van der Waals surface area contributed by atoms with Crippen molar-refractivity contribution in [1.82, 2.24) is 9.97 Å². The molecule has 0 saturated carbocycles. The van der Waals surface area contributed by atoms with E-state index in [-0.39, 0.29) is 6.04 Å². The van der Waals surface area contributed by atoms with Crippen molar-refractivity contribution in [3.63, 3.8) is 0 Å². The third-order valence-electron chi connectivity index (χ3n) is 4.72. The number of hydrogen-bond acceptors (Lipinski definition) is 5. The van der Waals surface area contributed by atoms with Gasteiger partial charge in [-0.1, -0.05) is 29.8 Å². The fourth-order valence-corrected chi connectivity index (χ4v) is 4.56. The number of rotatable bonds is 4. The van der Waals surface area contributed by atoms with Crippen molar-refractivity contribution >= 4 is 33.2 Å². The minimum atomic E-state index is -0.934. The standard InChI is InChI=1S/C22H20ClN3OS/c1-22(2,27)13-7-9-25-17(11-13)15-8-10-26-18-12-19(28-21(15)18)20(24)14-5-3-4-6-16(14)23/h3-12,20,27H,24H2,1-2H3/t20-/m1/s1. The molecule has 3 aromatic heterocycles. The smallest absolute Gasteiger partial charge is 0.0841 e. The molecule has 0 aliphatic carbocycles. The van der Waals surface area contributed by atoms with E-state index in [1.165, 1.54) is 0 Å². The van der Waals surface area contributed by atoms with E-state index in [0.717, 1.165) is 37.5 Å². The highest BCUT2D eigenvalue weighted by Gasteiger charge is 2.20. The van der Waals surface area contributed by atoms with Gasteiger partial charge in [0.2, 0.25) is 0 Å². The Balaban J connectivity index is 1.82. The van der Waals surface area contributed by atoms with E-state index < -0.39 is 5.60 Å². The van der Waals surface area contributed by atoms with E-state index >= 15 is 0 Å². The Morgan fingerprint density at radius 2 is 1.82 bits per heavy atom. The van der Waals surface area contributed by atoms with Gasteiger partial charge in [0.1, 0.15) is 0 Å². The molecule has 1 atom stereocenters. The van der Waals surface area contributed by atoms with E-state index in [9.17, 15) is 5.11 Å². The SMILES string of the molecule is CC(C)(O)c1ccnc(-c2ccnc3cc([C@H](N)c4ccccc4Cl)sc23)c1. The maximum absolute atomic E-state index is 10.3. The molecule has 0 aliphatic rings. The minimum Gasteiger partial charge on any atom is -0.386 e. The van der Waals surface area contributed by atoms with Crippen LogP contribution in [0, 0.1) is 0 Å². The first-order valence-corrected chi connectivity index (χ1v) is 10.1. The Bertz CT molecular complexity index is 1150. The second-order valence-electron chi connectivity index (χ2n) is 7.21. The molecule has 0 unspecified atom stereocenters.